The number of ketones is 1. The van der Waals surface area contributed by atoms with E-state index in [0.717, 1.165) is 5.71 Å². The Bertz CT molecular complexity index is 236. The number of carbonyl (C=O) groups excluding carboxylic acids is 1. The minimum atomic E-state index is -0.0345. The van der Waals surface area contributed by atoms with Crippen LogP contribution in [-0.2, 0) is 9.63 Å². The fraction of sp³-hybridized carbons (Fsp3) is 0.833. The molecule has 3 nitrogen and oxygen atoms in total. The Morgan fingerprint density at radius 1 is 1.27 bits per heavy atom. The Morgan fingerprint density at radius 3 is 2.13 bits per heavy atom. The van der Waals surface area contributed by atoms with Gasteiger partial charge in [0.1, 0.15) is 12.9 Å². The zero-order chi connectivity index (χ0) is 12.1. The third-order valence-corrected chi connectivity index (χ3v) is 2.32. The summed E-state index contributed by atoms with van der Waals surface area (Å²) in [5, 5.41) is 3.99. The van der Waals surface area contributed by atoms with Gasteiger partial charge in [0.05, 0.1) is 5.71 Å². The van der Waals surface area contributed by atoms with Crippen molar-refractivity contribution in [2.75, 3.05) is 7.11 Å². The van der Waals surface area contributed by atoms with Gasteiger partial charge in [0, 0.05) is 17.8 Å². The molecule has 0 aliphatic rings. The van der Waals surface area contributed by atoms with E-state index in [9.17, 15) is 4.79 Å². The van der Waals surface area contributed by atoms with Gasteiger partial charge in [-0.25, -0.2) is 0 Å². The second-order valence-corrected chi connectivity index (χ2v) is 5.09. The van der Waals surface area contributed by atoms with Crippen LogP contribution in [0.2, 0.25) is 0 Å². The van der Waals surface area contributed by atoms with Crippen molar-refractivity contribution in [2.24, 2.45) is 16.5 Å². The van der Waals surface area contributed by atoms with E-state index in [4.69, 9.17) is 4.84 Å². The third kappa shape index (κ3) is 5.55. The first-order valence-corrected chi connectivity index (χ1v) is 5.42. The van der Waals surface area contributed by atoms with Crippen LogP contribution in [0, 0.1) is 11.3 Å². The molecule has 0 rings (SSSR count). The molecule has 15 heavy (non-hydrogen) atoms. The second-order valence-electron chi connectivity index (χ2n) is 5.09. The maximum Gasteiger partial charge on any atom is 0.135 e. The van der Waals surface area contributed by atoms with Crippen molar-refractivity contribution in [2.45, 2.75) is 47.5 Å². The first kappa shape index (κ1) is 14.1. The van der Waals surface area contributed by atoms with E-state index in [1.54, 1.807) is 0 Å². The smallest absolute Gasteiger partial charge is 0.135 e. The van der Waals surface area contributed by atoms with Crippen LogP contribution in [0.25, 0.3) is 0 Å². The second kappa shape index (κ2) is 5.89. The topological polar surface area (TPSA) is 38.7 Å². The summed E-state index contributed by atoms with van der Waals surface area (Å²) in [5.74, 6) is 0.386. The first-order valence-electron chi connectivity index (χ1n) is 5.42. The largest absolute Gasteiger partial charge is 0.399 e. The summed E-state index contributed by atoms with van der Waals surface area (Å²) in [7, 11) is 1.54. The van der Waals surface area contributed by atoms with Gasteiger partial charge < -0.3 is 4.84 Å². The molecule has 0 unspecified atom stereocenters. The lowest BCUT2D eigenvalue weighted by molar-refractivity contribution is -0.121. The molecule has 0 atom stereocenters. The monoisotopic (exact) mass is 213 g/mol. The van der Waals surface area contributed by atoms with Gasteiger partial charge in [-0.05, 0) is 6.42 Å². The van der Waals surface area contributed by atoms with E-state index in [1.807, 2.05) is 13.8 Å². The molecule has 0 radical (unpaired) electrons. The summed E-state index contributed by atoms with van der Waals surface area (Å²) in [6.07, 6.45) is 1.24. The van der Waals surface area contributed by atoms with Gasteiger partial charge >= 0.3 is 0 Å². The Hall–Kier alpha value is -0.860. The number of carbonyl (C=O) groups is 1. The zero-order valence-electron chi connectivity index (χ0n) is 10.8. The molecule has 0 saturated heterocycles. The van der Waals surface area contributed by atoms with Gasteiger partial charge in [0.15, 0.2) is 0 Å². The highest BCUT2D eigenvalue weighted by Crippen LogP contribution is 2.20. The van der Waals surface area contributed by atoms with E-state index < -0.39 is 0 Å². The van der Waals surface area contributed by atoms with Crippen LogP contribution < -0.4 is 0 Å². The van der Waals surface area contributed by atoms with Crippen LogP contribution in [-0.4, -0.2) is 18.6 Å². The molecule has 0 N–H and O–H groups in total. The predicted octanol–water partition coefficient (Wildman–Crippen LogP) is 3.04. The molecule has 0 amide bonds. The lowest BCUT2D eigenvalue weighted by atomic mass is 9.86. The highest BCUT2D eigenvalue weighted by Gasteiger charge is 2.21. The van der Waals surface area contributed by atoms with Gasteiger partial charge in [0.25, 0.3) is 0 Å². The van der Waals surface area contributed by atoms with Crippen LogP contribution in [0.5, 0.6) is 0 Å². The standard InChI is InChI=1S/C12H23NO2/c1-9(2)10(14)7-8-11(13-15-6)12(3,4)5/h9H,7-8H2,1-6H3/b13-11+. The Labute approximate surface area is 92.9 Å². The molecular weight excluding hydrogens is 190 g/mol. The summed E-state index contributed by atoms with van der Waals surface area (Å²) < 4.78 is 0. The predicted molar refractivity (Wildman–Crippen MR) is 63.0 cm³/mol. The fourth-order valence-electron chi connectivity index (χ4n) is 1.20. The van der Waals surface area contributed by atoms with Gasteiger partial charge in [-0.1, -0.05) is 39.8 Å². The number of hydrogen-bond acceptors (Lipinski definition) is 3. The summed E-state index contributed by atoms with van der Waals surface area (Å²) in [6.45, 7) is 10.1. The molecule has 0 bridgehead atoms. The van der Waals surface area contributed by atoms with Crippen molar-refractivity contribution >= 4 is 11.5 Å². The highest BCUT2D eigenvalue weighted by atomic mass is 16.6. The Morgan fingerprint density at radius 2 is 1.80 bits per heavy atom. The average molecular weight is 213 g/mol. The molecule has 0 saturated carbocycles. The van der Waals surface area contributed by atoms with Crippen molar-refractivity contribution < 1.29 is 9.63 Å². The van der Waals surface area contributed by atoms with Crippen LogP contribution in [0.15, 0.2) is 5.16 Å². The van der Waals surface area contributed by atoms with Crippen molar-refractivity contribution in [1.82, 2.24) is 0 Å². The number of rotatable bonds is 5. The first-order chi connectivity index (χ1) is 6.79. The third-order valence-electron chi connectivity index (χ3n) is 2.32. The lowest BCUT2D eigenvalue weighted by Crippen LogP contribution is -2.22. The van der Waals surface area contributed by atoms with E-state index in [1.165, 1.54) is 7.11 Å². The number of oxime groups is 1. The molecule has 0 heterocycles. The van der Waals surface area contributed by atoms with Crippen LogP contribution >= 0.6 is 0 Å². The van der Waals surface area contributed by atoms with Crippen molar-refractivity contribution in [3.8, 4) is 0 Å². The summed E-state index contributed by atoms with van der Waals surface area (Å²) in [6, 6.07) is 0. The molecule has 0 aromatic rings. The molecular formula is C12H23NO2. The molecule has 88 valence electrons. The summed E-state index contributed by atoms with van der Waals surface area (Å²) >= 11 is 0. The molecule has 0 spiro atoms. The maximum atomic E-state index is 11.5. The van der Waals surface area contributed by atoms with Crippen molar-refractivity contribution in [1.29, 1.82) is 0 Å². The van der Waals surface area contributed by atoms with E-state index >= 15 is 0 Å². The van der Waals surface area contributed by atoms with Gasteiger partial charge in [0.2, 0.25) is 0 Å². The lowest BCUT2D eigenvalue weighted by Gasteiger charge is -2.20. The minimum absolute atomic E-state index is 0.0345. The molecule has 0 aromatic heterocycles. The number of hydrogen-bond donors (Lipinski definition) is 0. The number of nitrogens with zero attached hydrogens (tertiary/aromatic N) is 1. The fourth-order valence-corrected chi connectivity index (χ4v) is 1.20. The van der Waals surface area contributed by atoms with Crippen molar-refractivity contribution in [3.05, 3.63) is 0 Å². The summed E-state index contributed by atoms with van der Waals surface area (Å²) in [5.41, 5.74) is 0.909. The highest BCUT2D eigenvalue weighted by molar-refractivity contribution is 5.92. The van der Waals surface area contributed by atoms with E-state index in [-0.39, 0.29) is 17.1 Å². The zero-order valence-corrected chi connectivity index (χ0v) is 10.8. The van der Waals surface area contributed by atoms with Crippen LogP contribution in [0.1, 0.15) is 47.5 Å². The Balaban J connectivity index is 4.34. The SMILES string of the molecule is CO/N=C(\CCC(=O)C(C)C)C(C)(C)C. The average Bonchev–Trinajstić information content (AvgIpc) is 2.09. The molecule has 0 aliphatic heterocycles. The van der Waals surface area contributed by atoms with Gasteiger partial charge in [-0.3, -0.25) is 4.79 Å². The van der Waals surface area contributed by atoms with Crippen LogP contribution in [0.3, 0.4) is 0 Å². The molecule has 3 heteroatoms. The van der Waals surface area contributed by atoms with E-state index in [2.05, 4.69) is 25.9 Å². The normalized spacial score (nSPS) is 13.1. The molecule has 0 aliphatic carbocycles. The van der Waals surface area contributed by atoms with Gasteiger partial charge in [-0.2, -0.15) is 0 Å². The maximum absolute atomic E-state index is 11.5. The quantitative estimate of drug-likeness (QED) is 0.520. The summed E-state index contributed by atoms with van der Waals surface area (Å²) in [4.78, 5) is 16.3. The minimum Gasteiger partial charge on any atom is -0.399 e. The van der Waals surface area contributed by atoms with Gasteiger partial charge in [-0.15, -0.1) is 0 Å². The van der Waals surface area contributed by atoms with Crippen LogP contribution in [0.4, 0.5) is 0 Å². The molecule has 0 fully saturated rings. The molecule has 0 aromatic carbocycles. The number of Topliss-reactive ketones (excluding diaryl/α,β-unsaturated/α-hetero) is 1. The Kier molecular flexibility index (Phi) is 5.55. The van der Waals surface area contributed by atoms with E-state index in [0.29, 0.717) is 12.8 Å². The van der Waals surface area contributed by atoms with Crippen molar-refractivity contribution in [3.63, 3.8) is 0 Å².